The summed E-state index contributed by atoms with van der Waals surface area (Å²) in [5.74, 6) is 0.781. The fourth-order valence-corrected chi connectivity index (χ4v) is 2.31. The Kier molecular flexibility index (Phi) is 4.42. The summed E-state index contributed by atoms with van der Waals surface area (Å²) < 4.78 is 5.64. The van der Waals surface area contributed by atoms with Crippen LogP contribution in [0.25, 0.3) is 0 Å². The van der Waals surface area contributed by atoms with E-state index in [4.69, 9.17) is 4.74 Å². The van der Waals surface area contributed by atoms with Crippen LogP contribution in [0.2, 0.25) is 0 Å². The molecule has 20 heavy (non-hydrogen) atoms. The summed E-state index contributed by atoms with van der Waals surface area (Å²) >= 11 is 0. The molecule has 0 saturated carbocycles. The summed E-state index contributed by atoms with van der Waals surface area (Å²) in [6, 6.07) is 5.64. The van der Waals surface area contributed by atoms with Crippen LogP contribution in [0, 0.1) is 0 Å². The lowest BCUT2D eigenvalue weighted by atomic mass is 9.90. The van der Waals surface area contributed by atoms with Crippen molar-refractivity contribution in [2.75, 3.05) is 13.7 Å². The van der Waals surface area contributed by atoms with E-state index in [2.05, 4.69) is 0 Å². The van der Waals surface area contributed by atoms with Gasteiger partial charge >= 0.3 is 0 Å². The average molecular weight is 275 g/mol. The van der Waals surface area contributed by atoms with E-state index in [1.54, 1.807) is 11.9 Å². The summed E-state index contributed by atoms with van der Waals surface area (Å²) in [6.45, 7) is 3.93. The fourth-order valence-electron chi connectivity index (χ4n) is 2.31. The zero-order valence-electron chi connectivity index (χ0n) is 12.3. The average Bonchev–Trinajstić information content (AvgIpc) is 2.44. The van der Waals surface area contributed by atoms with Gasteiger partial charge in [-0.3, -0.25) is 9.59 Å². The molecule has 4 nitrogen and oxygen atoms in total. The van der Waals surface area contributed by atoms with Crippen LogP contribution >= 0.6 is 0 Å². The van der Waals surface area contributed by atoms with Crippen LogP contribution in [-0.4, -0.2) is 36.3 Å². The number of ketones is 1. The number of likely N-dealkylation sites (N-methyl/N-ethyl adjacent to an activating group) is 1. The van der Waals surface area contributed by atoms with Crippen molar-refractivity contribution in [2.45, 2.75) is 39.2 Å². The molecule has 0 aliphatic heterocycles. The number of fused-ring (bicyclic) bond motifs is 1. The zero-order valence-corrected chi connectivity index (χ0v) is 12.3. The fraction of sp³-hybridized carbons (Fsp3) is 0.500. The molecule has 1 aliphatic carbocycles. The Bertz CT molecular complexity index is 522. The summed E-state index contributed by atoms with van der Waals surface area (Å²) in [7, 11) is 1.76. The second-order valence-electron chi connectivity index (χ2n) is 5.45. The van der Waals surface area contributed by atoms with Crippen molar-refractivity contribution in [1.29, 1.82) is 0 Å². The molecule has 108 valence electrons. The largest absolute Gasteiger partial charge is 0.483 e. The van der Waals surface area contributed by atoms with Crippen LogP contribution in [0.1, 0.15) is 42.6 Å². The van der Waals surface area contributed by atoms with E-state index in [-0.39, 0.29) is 24.3 Å². The Hall–Kier alpha value is -1.84. The summed E-state index contributed by atoms with van der Waals surface area (Å²) in [6.07, 6.45) is 2.29. The lowest BCUT2D eigenvalue weighted by Crippen LogP contribution is -2.36. The third kappa shape index (κ3) is 3.00. The van der Waals surface area contributed by atoms with Crippen LogP contribution in [0.4, 0.5) is 0 Å². The zero-order chi connectivity index (χ0) is 14.7. The van der Waals surface area contributed by atoms with Crippen molar-refractivity contribution in [3.63, 3.8) is 0 Å². The van der Waals surface area contributed by atoms with Gasteiger partial charge in [0.1, 0.15) is 5.75 Å². The molecule has 1 aliphatic rings. The monoisotopic (exact) mass is 275 g/mol. The van der Waals surface area contributed by atoms with Gasteiger partial charge in [0.05, 0.1) is 0 Å². The van der Waals surface area contributed by atoms with E-state index in [0.717, 1.165) is 24.0 Å². The molecular weight excluding hydrogens is 254 g/mol. The topological polar surface area (TPSA) is 46.6 Å². The van der Waals surface area contributed by atoms with Gasteiger partial charge in [-0.25, -0.2) is 0 Å². The molecule has 0 heterocycles. The van der Waals surface area contributed by atoms with E-state index in [0.29, 0.717) is 12.2 Å². The van der Waals surface area contributed by atoms with Gasteiger partial charge in [0.2, 0.25) is 0 Å². The first-order chi connectivity index (χ1) is 9.50. The highest BCUT2D eigenvalue weighted by Gasteiger charge is 2.21. The minimum Gasteiger partial charge on any atom is -0.483 e. The van der Waals surface area contributed by atoms with Crippen LogP contribution in [0.15, 0.2) is 18.2 Å². The highest BCUT2D eigenvalue weighted by molar-refractivity contribution is 5.99. The Balaban J connectivity index is 2.09. The normalized spacial score (nSPS) is 14.1. The molecule has 1 amide bonds. The smallest absolute Gasteiger partial charge is 0.260 e. The number of carbonyl (C=O) groups excluding carboxylic acids is 2. The predicted octanol–water partition coefficient (Wildman–Crippen LogP) is 2.45. The molecule has 0 N–H and O–H groups in total. The second kappa shape index (κ2) is 6.07. The molecule has 0 fully saturated rings. The van der Waals surface area contributed by atoms with Gasteiger partial charge in [-0.15, -0.1) is 0 Å². The van der Waals surface area contributed by atoms with Crippen LogP contribution in [0.5, 0.6) is 5.75 Å². The summed E-state index contributed by atoms with van der Waals surface area (Å²) in [5.41, 5.74) is 1.70. The maximum absolute atomic E-state index is 11.9. The highest BCUT2D eigenvalue weighted by atomic mass is 16.5. The SMILES string of the molecule is CC(C)N(C)C(=O)COc1cccc2c1CCCC2=O. The van der Waals surface area contributed by atoms with Crippen LogP contribution in [0.3, 0.4) is 0 Å². The second-order valence-corrected chi connectivity index (χ2v) is 5.45. The van der Waals surface area contributed by atoms with Gasteiger partial charge in [-0.2, -0.15) is 0 Å². The molecule has 0 radical (unpaired) electrons. The number of nitrogens with zero attached hydrogens (tertiary/aromatic N) is 1. The minimum absolute atomic E-state index is 0.0132. The van der Waals surface area contributed by atoms with Gasteiger partial charge in [0.15, 0.2) is 12.4 Å². The first-order valence-corrected chi connectivity index (χ1v) is 7.04. The van der Waals surface area contributed by atoms with Crippen molar-refractivity contribution in [3.8, 4) is 5.75 Å². The van der Waals surface area contributed by atoms with Crippen LogP contribution < -0.4 is 4.74 Å². The molecule has 1 aromatic carbocycles. The number of benzene rings is 1. The van der Waals surface area contributed by atoms with Crippen LogP contribution in [-0.2, 0) is 11.2 Å². The Morgan fingerprint density at radius 3 is 2.80 bits per heavy atom. The van der Waals surface area contributed by atoms with Crippen molar-refractivity contribution in [1.82, 2.24) is 4.90 Å². The van der Waals surface area contributed by atoms with Crippen molar-refractivity contribution < 1.29 is 14.3 Å². The number of carbonyl (C=O) groups is 2. The molecule has 0 atom stereocenters. The quantitative estimate of drug-likeness (QED) is 0.848. The van der Waals surface area contributed by atoms with Gasteiger partial charge in [0.25, 0.3) is 5.91 Å². The molecular formula is C16H21NO3. The molecule has 2 rings (SSSR count). The van der Waals surface area contributed by atoms with Gasteiger partial charge in [-0.1, -0.05) is 12.1 Å². The number of amides is 1. The lowest BCUT2D eigenvalue weighted by Gasteiger charge is -2.23. The van der Waals surface area contributed by atoms with E-state index in [1.807, 2.05) is 32.0 Å². The summed E-state index contributed by atoms with van der Waals surface area (Å²) in [5, 5.41) is 0. The first-order valence-electron chi connectivity index (χ1n) is 7.04. The third-order valence-electron chi connectivity index (χ3n) is 3.78. The molecule has 1 aromatic rings. The molecule has 0 aromatic heterocycles. The summed E-state index contributed by atoms with van der Waals surface area (Å²) in [4.78, 5) is 25.4. The van der Waals surface area contributed by atoms with Gasteiger partial charge in [0, 0.05) is 30.6 Å². The van der Waals surface area contributed by atoms with Crippen molar-refractivity contribution >= 4 is 11.7 Å². The van der Waals surface area contributed by atoms with E-state index in [1.165, 1.54) is 0 Å². The molecule has 0 unspecified atom stereocenters. The Morgan fingerprint density at radius 2 is 2.10 bits per heavy atom. The molecule has 0 spiro atoms. The van der Waals surface area contributed by atoms with E-state index in [9.17, 15) is 9.59 Å². The maximum atomic E-state index is 11.9. The predicted molar refractivity (Wildman–Crippen MR) is 77.1 cm³/mol. The minimum atomic E-state index is -0.0558. The third-order valence-corrected chi connectivity index (χ3v) is 3.78. The number of ether oxygens (including phenoxy) is 1. The number of hydrogen-bond donors (Lipinski definition) is 0. The Labute approximate surface area is 119 Å². The van der Waals surface area contributed by atoms with Gasteiger partial charge < -0.3 is 9.64 Å². The van der Waals surface area contributed by atoms with Crippen molar-refractivity contribution in [3.05, 3.63) is 29.3 Å². The highest BCUT2D eigenvalue weighted by Crippen LogP contribution is 2.29. The number of Topliss-reactive ketones (excluding diaryl/α,β-unsaturated/α-hetero) is 1. The van der Waals surface area contributed by atoms with Crippen molar-refractivity contribution in [2.24, 2.45) is 0 Å². The number of rotatable bonds is 4. The van der Waals surface area contributed by atoms with E-state index >= 15 is 0 Å². The first kappa shape index (κ1) is 14.6. The van der Waals surface area contributed by atoms with Gasteiger partial charge in [-0.05, 0) is 32.8 Å². The molecule has 4 heteroatoms. The Morgan fingerprint density at radius 1 is 1.35 bits per heavy atom. The standard InChI is InChI=1S/C16H21NO3/c1-11(2)17(3)16(19)10-20-15-9-5-6-12-13(15)7-4-8-14(12)18/h5-6,9,11H,4,7-8,10H2,1-3H3. The van der Waals surface area contributed by atoms with E-state index < -0.39 is 0 Å². The maximum Gasteiger partial charge on any atom is 0.260 e. The molecule has 0 bridgehead atoms. The lowest BCUT2D eigenvalue weighted by molar-refractivity contribution is -0.133. The number of hydrogen-bond acceptors (Lipinski definition) is 3. The molecule has 0 saturated heterocycles.